The molecule has 0 fully saturated rings. The van der Waals surface area contributed by atoms with E-state index in [-0.39, 0.29) is 16.7 Å². The molecule has 3 aromatic rings. The number of para-hydroxylation sites is 1. The van der Waals surface area contributed by atoms with Gasteiger partial charge in [0.15, 0.2) is 0 Å². The van der Waals surface area contributed by atoms with E-state index in [9.17, 15) is 18.0 Å². The molecule has 0 spiro atoms. The molecule has 1 N–H and O–H groups in total. The van der Waals surface area contributed by atoms with Gasteiger partial charge in [0.25, 0.3) is 15.9 Å². The number of carbonyl (C=O) groups is 2. The van der Waals surface area contributed by atoms with Crippen LogP contribution in [0, 0.1) is 0 Å². The second kappa shape index (κ2) is 8.62. The van der Waals surface area contributed by atoms with Crippen molar-refractivity contribution < 1.29 is 18.0 Å². The highest BCUT2D eigenvalue weighted by molar-refractivity contribution is 7.91. The Morgan fingerprint density at radius 2 is 1.81 bits per heavy atom. The average Bonchev–Trinajstić information content (AvgIpc) is 3.44. The van der Waals surface area contributed by atoms with Crippen molar-refractivity contribution in [3.8, 4) is 0 Å². The highest BCUT2D eigenvalue weighted by Gasteiger charge is 2.26. The number of nitrogens with zero attached hydrogens (tertiary/aromatic N) is 2. The zero-order valence-electron chi connectivity index (χ0n) is 16.8. The number of amides is 2. The Morgan fingerprint density at radius 1 is 1.06 bits per heavy atom. The van der Waals surface area contributed by atoms with Crippen LogP contribution in [0.4, 0.5) is 11.4 Å². The van der Waals surface area contributed by atoms with Crippen molar-refractivity contribution in [3.63, 3.8) is 0 Å². The number of hydrogen-bond donors (Lipinski definition) is 1. The van der Waals surface area contributed by atoms with Crippen LogP contribution in [0.25, 0.3) is 0 Å². The van der Waals surface area contributed by atoms with Crippen molar-refractivity contribution in [2.75, 3.05) is 30.4 Å². The predicted molar refractivity (Wildman–Crippen MR) is 121 cm³/mol. The summed E-state index contributed by atoms with van der Waals surface area (Å²) >= 11 is 1.10. The van der Waals surface area contributed by atoms with Crippen molar-refractivity contribution in [1.82, 2.24) is 4.31 Å². The third-order valence-electron chi connectivity index (χ3n) is 5.07. The van der Waals surface area contributed by atoms with Gasteiger partial charge in [-0.15, -0.1) is 11.3 Å². The Hall–Kier alpha value is -3.01. The third kappa shape index (κ3) is 4.39. The van der Waals surface area contributed by atoms with Crippen LogP contribution in [-0.2, 0) is 21.2 Å². The van der Waals surface area contributed by atoms with Crippen molar-refractivity contribution >= 4 is 44.5 Å². The van der Waals surface area contributed by atoms with Crippen LogP contribution in [0.1, 0.15) is 15.9 Å². The minimum absolute atomic E-state index is 0.0930. The molecule has 0 saturated heterocycles. The largest absolute Gasteiger partial charge is 0.325 e. The Balaban J connectivity index is 1.39. The first-order valence-electron chi connectivity index (χ1n) is 9.66. The smallest absolute Gasteiger partial charge is 0.258 e. The molecular weight excluding hydrogens is 434 g/mol. The summed E-state index contributed by atoms with van der Waals surface area (Å²) in [6.45, 7) is 0.327. The van der Waals surface area contributed by atoms with Gasteiger partial charge >= 0.3 is 0 Å². The van der Waals surface area contributed by atoms with Gasteiger partial charge in [-0.1, -0.05) is 24.3 Å². The van der Waals surface area contributed by atoms with Gasteiger partial charge < -0.3 is 10.2 Å². The minimum atomic E-state index is -3.69. The van der Waals surface area contributed by atoms with Crippen LogP contribution in [0.2, 0.25) is 0 Å². The van der Waals surface area contributed by atoms with Gasteiger partial charge in [-0.05, 0) is 53.8 Å². The fourth-order valence-electron chi connectivity index (χ4n) is 3.45. The Kier molecular flexibility index (Phi) is 5.90. The van der Waals surface area contributed by atoms with E-state index in [1.54, 1.807) is 40.6 Å². The maximum Gasteiger partial charge on any atom is 0.258 e. The average molecular weight is 456 g/mol. The Bertz CT molecular complexity index is 1210. The molecule has 2 amide bonds. The molecule has 0 atom stereocenters. The number of anilines is 2. The van der Waals surface area contributed by atoms with E-state index in [0.29, 0.717) is 17.8 Å². The fourth-order valence-corrected chi connectivity index (χ4v) is 5.78. The van der Waals surface area contributed by atoms with E-state index in [2.05, 4.69) is 5.32 Å². The summed E-state index contributed by atoms with van der Waals surface area (Å²) in [5, 5.41) is 4.35. The molecule has 0 unspecified atom stereocenters. The first-order chi connectivity index (χ1) is 14.9. The van der Waals surface area contributed by atoms with E-state index in [1.165, 1.54) is 13.1 Å². The minimum Gasteiger partial charge on any atom is -0.325 e. The van der Waals surface area contributed by atoms with Gasteiger partial charge in [-0.3, -0.25) is 9.59 Å². The maximum absolute atomic E-state index is 12.9. The predicted octanol–water partition coefficient (Wildman–Crippen LogP) is 3.21. The van der Waals surface area contributed by atoms with Crippen LogP contribution in [-0.4, -0.2) is 44.7 Å². The quantitative estimate of drug-likeness (QED) is 0.618. The molecule has 0 saturated carbocycles. The van der Waals surface area contributed by atoms with E-state index >= 15 is 0 Å². The molecule has 0 bridgehead atoms. The van der Waals surface area contributed by atoms with E-state index < -0.39 is 15.9 Å². The van der Waals surface area contributed by atoms with Crippen molar-refractivity contribution in [2.24, 2.45) is 0 Å². The third-order valence-corrected chi connectivity index (χ3v) is 8.25. The van der Waals surface area contributed by atoms with Crippen LogP contribution >= 0.6 is 11.3 Å². The van der Waals surface area contributed by atoms with Gasteiger partial charge in [0, 0.05) is 30.5 Å². The molecule has 1 aliphatic heterocycles. The Labute approximate surface area is 185 Å². The lowest BCUT2D eigenvalue weighted by Gasteiger charge is -2.18. The fraction of sp³-hybridized carbons (Fsp3) is 0.182. The monoisotopic (exact) mass is 455 g/mol. The van der Waals surface area contributed by atoms with Gasteiger partial charge in [0.2, 0.25) is 5.91 Å². The number of thiophene rings is 1. The summed E-state index contributed by atoms with van der Waals surface area (Å²) in [5.74, 6) is -0.556. The number of fused-ring (bicyclic) bond motifs is 1. The standard InChI is InChI=1S/C22H21N3O4S2/c1-24(31(28,29)21-7-4-14-30-21)15-20(26)23-18-10-8-17(9-11-18)22(27)25-13-12-16-5-2-3-6-19(16)25/h2-11,14H,12-13,15H2,1H3,(H,23,26). The molecule has 0 aliphatic carbocycles. The van der Waals surface area contributed by atoms with Crippen LogP contribution in [0.3, 0.4) is 0 Å². The Morgan fingerprint density at radius 3 is 2.52 bits per heavy atom. The number of nitrogens with one attached hydrogen (secondary N) is 1. The summed E-state index contributed by atoms with van der Waals surface area (Å²) in [7, 11) is -2.33. The van der Waals surface area contributed by atoms with Crippen LogP contribution in [0.5, 0.6) is 0 Å². The van der Waals surface area contributed by atoms with Crippen molar-refractivity contribution in [2.45, 2.75) is 10.6 Å². The normalized spacial score (nSPS) is 13.3. The number of rotatable bonds is 6. The molecule has 1 aromatic heterocycles. The summed E-state index contributed by atoms with van der Waals surface area (Å²) in [4.78, 5) is 27.0. The topological polar surface area (TPSA) is 86.8 Å². The second-order valence-corrected chi connectivity index (χ2v) is 10.4. The number of hydrogen-bond acceptors (Lipinski definition) is 5. The van der Waals surface area contributed by atoms with E-state index in [1.807, 2.05) is 24.3 Å². The summed E-state index contributed by atoms with van der Waals surface area (Å²) < 4.78 is 26.1. The second-order valence-electron chi connectivity index (χ2n) is 7.15. The van der Waals surface area contributed by atoms with Gasteiger partial charge in [-0.25, -0.2) is 8.42 Å². The number of carbonyl (C=O) groups excluding carboxylic acids is 2. The highest BCUT2D eigenvalue weighted by atomic mass is 32.2. The first-order valence-corrected chi connectivity index (χ1v) is 12.0. The lowest BCUT2D eigenvalue weighted by Crippen LogP contribution is -2.34. The summed E-state index contributed by atoms with van der Waals surface area (Å²) in [6, 6.07) is 17.6. The molecule has 31 heavy (non-hydrogen) atoms. The number of benzene rings is 2. The maximum atomic E-state index is 12.9. The van der Waals surface area contributed by atoms with Crippen LogP contribution in [0.15, 0.2) is 70.3 Å². The summed E-state index contributed by atoms with van der Waals surface area (Å²) in [6.07, 6.45) is 0.831. The lowest BCUT2D eigenvalue weighted by atomic mass is 10.1. The molecule has 0 radical (unpaired) electrons. The SMILES string of the molecule is CN(CC(=O)Nc1ccc(C(=O)N2CCc3ccccc32)cc1)S(=O)(=O)c1cccs1. The van der Waals surface area contributed by atoms with E-state index in [0.717, 1.165) is 33.3 Å². The molecule has 2 aromatic carbocycles. The van der Waals surface area contributed by atoms with Crippen molar-refractivity contribution in [1.29, 1.82) is 0 Å². The zero-order valence-corrected chi connectivity index (χ0v) is 18.4. The van der Waals surface area contributed by atoms with E-state index in [4.69, 9.17) is 0 Å². The molecule has 2 heterocycles. The van der Waals surface area contributed by atoms with Gasteiger partial charge in [0.05, 0.1) is 6.54 Å². The molecule has 1 aliphatic rings. The number of sulfonamides is 1. The molecule has 9 heteroatoms. The highest BCUT2D eigenvalue weighted by Crippen LogP contribution is 2.29. The van der Waals surface area contributed by atoms with Crippen LogP contribution < -0.4 is 10.2 Å². The summed E-state index contributed by atoms with van der Waals surface area (Å²) in [5.41, 5.74) is 3.10. The molecule has 7 nitrogen and oxygen atoms in total. The number of likely N-dealkylation sites (N-methyl/N-ethyl adjacent to an activating group) is 1. The molecule has 160 valence electrons. The van der Waals surface area contributed by atoms with Crippen molar-refractivity contribution in [3.05, 3.63) is 77.2 Å². The van der Waals surface area contributed by atoms with Gasteiger partial charge in [-0.2, -0.15) is 4.31 Å². The lowest BCUT2D eigenvalue weighted by molar-refractivity contribution is -0.116. The van der Waals surface area contributed by atoms with Gasteiger partial charge in [0.1, 0.15) is 4.21 Å². The first kappa shape index (κ1) is 21.2. The zero-order chi connectivity index (χ0) is 22.0. The molecule has 4 rings (SSSR count). The molecular formula is C22H21N3O4S2.